The van der Waals surface area contributed by atoms with Gasteiger partial charge in [-0.1, -0.05) is 17.7 Å². The van der Waals surface area contributed by atoms with Gasteiger partial charge >= 0.3 is 0 Å². The van der Waals surface area contributed by atoms with Crippen LogP contribution in [0, 0.1) is 6.92 Å². The molecule has 1 saturated heterocycles. The highest BCUT2D eigenvalue weighted by atomic mass is 35.5. The van der Waals surface area contributed by atoms with E-state index in [2.05, 4.69) is 20.2 Å². The molecule has 0 amide bonds. The Hall–Kier alpha value is -2.60. The number of nitrogens with zero attached hydrogens (tertiary/aromatic N) is 5. The van der Waals surface area contributed by atoms with Crippen LogP contribution in [0.5, 0.6) is 5.75 Å². The van der Waals surface area contributed by atoms with Crippen LogP contribution in [0.1, 0.15) is 12.1 Å². The summed E-state index contributed by atoms with van der Waals surface area (Å²) in [5.74, 6) is 2.36. The summed E-state index contributed by atoms with van der Waals surface area (Å²) < 4.78 is 7.74. The van der Waals surface area contributed by atoms with Crippen LogP contribution < -0.4 is 9.64 Å². The monoisotopic (exact) mass is 355 g/mol. The number of anilines is 1. The quantitative estimate of drug-likeness (QED) is 0.718. The molecule has 1 fully saturated rings. The molecule has 128 valence electrons. The van der Waals surface area contributed by atoms with Crippen LogP contribution in [0.25, 0.3) is 5.82 Å². The highest BCUT2D eigenvalue weighted by molar-refractivity contribution is 6.30. The maximum Gasteiger partial charge on any atom is 0.175 e. The van der Waals surface area contributed by atoms with E-state index in [0.717, 1.165) is 36.8 Å². The molecule has 0 radical (unpaired) electrons. The molecular formula is C18H18ClN5O. The van der Waals surface area contributed by atoms with Crippen LogP contribution in [0.2, 0.25) is 5.02 Å². The standard InChI is InChI=1S/C18H18ClN5O/c1-13-7-10-24(22-13)18-6-5-17(20-21-18)23-9-8-16(12-23)25-15-4-2-3-14(19)11-15/h2-7,10-11,16H,8-9,12H2,1H3. The SMILES string of the molecule is Cc1ccn(-c2ccc(N3CCC(Oc4cccc(Cl)c4)C3)nn2)n1. The molecule has 7 heteroatoms. The second-order valence-corrected chi connectivity index (χ2v) is 6.52. The number of hydrogen-bond acceptors (Lipinski definition) is 5. The zero-order chi connectivity index (χ0) is 17.2. The Balaban J connectivity index is 1.41. The Kier molecular flexibility index (Phi) is 4.28. The van der Waals surface area contributed by atoms with E-state index in [4.69, 9.17) is 16.3 Å². The molecule has 3 heterocycles. The van der Waals surface area contributed by atoms with Crippen molar-refractivity contribution in [2.45, 2.75) is 19.4 Å². The second kappa shape index (κ2) is 6.72. The molecule has 3 aromatic rings. The Morgan fingerprint density at radius 2 is 1.96 bits per heavy atom. The summed E-state index contributed by atoms with van der Waals surface area (Å²) in [6, 6.07) is 13.3. The van der Waals surface area contributed by atoms with Gasteiger partial charge in [0.05, 0.1) is 12.2 Å². The summed E-state index contributed by atoms with van der Waals surface area (Å²) in [5, 5.41) is 13.6. The van der Waals surface area contributed by atoms with E-state index in [1.165, 1.54) is 0 Å². The van der Waals surface area contributed by atoms with Crippen molar-refractivity contribution in [3.8, 4) is 11.6 Å². The number of rotatable bonds is 4. The predicted octanol–water partition coefficient (Wildman–Crippen LogP) is 3.28. The van der Waals surface area contributed by atoms with Gasteiger partial charge in [0.25, 0.3) is 0 Å². The van der Waals surface area contributed by atoms with Crippen molar-refractivity contribution < 1.29 is 4.74 Å². The van der Waals surface area contributed by atoms with Crippen molar-refractivity contribution in [2.24, 2.45) is 0 Å². The third kappa shape index (κ3) is 3.58. The van der Waals surface area contributed by atoms with Gasteiger partial charge in [0.2, 0.25) is 0 Å². The minimum Gasteiger partial charge on any atom is -0.488 e. The molecule has 4 rings (SSSR count). The highest BCUT2D eigenvalue weighted by Gasteiger charge is 2.25. The molecule has 1 aromatic carbocycles. The van der Waals surface area contributed by atoms with Crippen molar-refractivity contribution in [1.82, 2.24) is 20.0 Å². The molecule has 0 aliphatic carbocycles. The van der Waals surface area contributed by atoms with Crippen molar-refractivity contribution >= 4 is 17.4 Å². The maximum absolute atomic E-state index is 6.02. The molecule has 1 aliphatic rings. The Labute approximate surface area is 151 Å². The van der Waals surface area contributed by atoms with Gasteiger partial charge in [-0.25, -0.2) is 4.68 Å². The molecule has 0 spiro atoms. The first-order valence-corrected chi connectivity index (χ1v) is 8.59. The summed E-state index contributed by atoms with van der Waals surface area (Å²) >= 11 is 6.01. The maximum atomic E-state index is 6.02. The van der Waals surface area contributed by atoms with Crippen molar-refractivity contribution in [3.63, 3.8) is 0 Å². The Morgan fingerprint density at radius 1 is 1.12 bits per heavy atom. The number of halogens is 1. The van der Waals surface area contributed by atoms with Crippen LogP contribution in [0.15, 0.2) is 48.7 Å². The van der Waals surface area contributed by atoms with Gasteiger partial charge in [-0.2, -0.15) is 5.10 Å². The number of aromatic nitrogens is 4. The molecule has 0 bridgehead atoms. The lowest BCUT2D eigenvalue weighted by molar-refractivity contribution is 0.225. The van der Waals surface area contributed by atoms with Crippen LogP contribution in [0.4, 0.5) is 5.82 Å². The summed E-state index contributed by atoms with van der Waals surface area (Å²) in [7, 11) is 0. The lowest BCUT2D eigenvalue weighted by atomic mass is 10.3. The van der Waals surface area contributed by atoms with Crippen molar-refractivity contribution in [1.29, 1.82) is 0 Å². The lowest BCUT2D eigenvalue weighted by Crippen LogP contribution is -2.25. The molecular weight excluding hydrogens is 338 g/mol. The summed E-state index contributed by atoms with van der Waals surface area (Å²) in [4.78, 5) is 2.18. The molecule has 2 aromatic heterocycles. The van der Waals surface area contributed by atoms with Crippen LogP contribution in [-0.4, -0.2) is 39.2 Å². The van der Waals surface area contributed by atoms with E-state index in [0.29, 0.717) is 10.8 Å². The smallest absolute Gasteiger partial charge is 0.175 e. The molecule has 0 N–H and O–H groups in total. The number of aryl methyl sites for hydroxylation is 1. The van der Waals surface area contributed by atoms with Crippen LogP contribution in [-0.2, 0) is 0 Å². The van der Waals surface area contributed by atoms with E-state index in [1.54, 1.807) is 4.68 Å². The zero-order valence-corrected chi connectivity index (χ0v) is 14.6. The fourth-order valence-electron chi connectivity index (χ4n) is 2.92. The van der Waals surface area contributed by atoms with E-state index >= 15 is 0 Å². The third-order valence-electron chi connectivity index (χ3n) is 4.16. The fraction of sp³-hybridized carbons (Fsp3) is 0.278. The Morgan fingerprint density at radius 3 is 2.68 bits per heavy atom. The van der Waals surface area contributed by atoms with Crippen LogP contribution in [0.3, 0.4) is 0 Å². The number of benzene rings is 1. The van der Waals surface area contributed by atoms with Gasteiger partial charge in [0, 0.05) is 24.2 Å². The average Bonchev–Trinajstić information content (AvgIpc) is 3.24. The van der Waals surface area contributed by atoms with Gasteiger partial charge < -0.3 is 9.64 Å². The van der Waals surface area contributed by atoms with Gasteiger partial charge in [0.15, 0.2) is 11.6 Å². The first kappa shape index (κ1) is 15.9. The summed E-state index contributed by atoms with van der Waals surface area (Å²) in [6.45, 7) is 3.62. The zero-order valence-electron chi connectivity index (χ0n) is 13.8. The summed E-state index contributed by atoms with van der Waals surface area (Å²) in [5.41, 5.74) is 0.950. The average molecular weight is 356 g/mol. The minimum atomic E-state index is 0.119. The van der Waals surface area contributed by atoms with Crippen molar-refractivity contribution in [2.75, 3.05) is 18.0 Å². The van der Waals surface area contributed by atoms with Gasteiger partial charge in [0.1, 0.15) is 11.9 Å². The normalized spacial score (nSPS) is 17.0. The topological polar surface area (TPSA) is 56.1 Å². The molecule has 0 saturated carbocycles. The second-order valence-electron chi connectivity index (χ2n) is 6.08. The van der Waals surface area contributed by atoms with E-state index < -0.39 is 0 Å². The molecule has 25 heavy (non-hydrogen) atoms. The Bertz CT molecular complexity index is 864. The van der Waals surface area contributed by atoms with E-state index in [9.17, 15) is 0 Å². The molecule has 6 nitrogen and oxygen atoms in total. The first-order chi connectivity index (χ1) is 12.2. The third-order valence-corrected chi connectivity index (χ3v) is 4.40. The highest BCUT2D eigenvalue weighted by Crippen LogP contribution is 2.24. The first-order valence-electron chi connectivity index (χ1n) is 8.21. The molecule has 1 atom stereocenters. The van der Waals surface area contributed by atoms with Gasteiger partial charge in [-0.15, -0.1) is 10.2 Å². The van der Waals surface area contributed by atoms with Gasteiger partial charge in [-0.05, 0) is 43.3 Å². The van der Waals surface area contributed by atoms with Crippen molar-refractivity contribution in [3.05, 3.63) is 59.4 Å². The van der Waals surface area contributed by atoms with Crippen LogP contribution >= 0.6 is 11.6 Å². The van der Waals surface area contributed by atoms with E-state index in [-0.39, 0.29) is 6.10 Å². The number of ether oxygens (including phenoxy) is 1. The van der Waals surface area contributed by atoms with Gasteiger partial charge in [-0.3, -0.25) is 0 Å². The summed E-state index contributed by atoms with van der Waals surface area (Å²) in [6.07, 6.45) is 2.94. The molecule has 1 unspecified atom stereocenters. The molecule has 1 aliphatic heterocycles. The largest absolute Gasteiger partial charge is 0.488 e. The fourth-order valence-corrected chi connectivity index (χ4v) is 3.10. The minimum absolute atomic E-state index is 0.119. The van der Waals surface area contributed by atoms with E-state index in [1.807, 2.05) is 55.6 Å². The predicted molar refractivity (Wildman–Crippen MR) is 96.6 cm³/mol. The number of hydrogen-bond donors (Lipinski definition) is 0. The lowest BCUT2D eigenvalue weighted by Gasteiger charge is -2.17.